The van der Waals surface area contributed by atoms with E-state index in [-0.39, 0.29) is 18.2 Å². The van der Waals surface area contributed by atoms with Crippen molar-refractivity contribution in [3.63, 3.8) is 0 Å². The third-order valence-corrected chi connectivity index (χ3v) is 4.72. The first-order valence-corrected chi connectivity index (χ1v) is 9.26. The smallest absolute Gasteiger partial charge is 0.226 e. The minimum absolute atomic E-state index is 0.0367. The molecule has 0 bridgehead atoms. The maximum absolute atomic E-state index is 12.2. The van der Waals surface area contributed by atoms with Gasteiger partial charge in [-0.3, -0.25) is 9.59 Å². The number of nitrogens with zero attached hydrogens (tertiary/aromatic N) is 1. The van der Waals surface area contributed by atoms with Gasteiger partial charge in [-0.2, -0.15) is 0 Å². The van der Waals surface area contributed by atoms with Crippen molar-refractivity contribution in [2.24, 2.45) is 0 Å². The molecule has 0 saturated heterocycles. The molecule has 2 N–H and O–H groups in total. The second kappa shape index (κ2) is 8.73. The molecule has 140 valence electrons. The summed E-state index contributed by atoms with van der Waals surface area (Å²) in [5, 5.41) is 4.54. The van der Waals surface area contributed by atoms with E-state index in [1.165, 1.54) is 17.9 Å². The number of nitrogens with one attached hydrogen (secondary N) is 2. The second-order valence-corrected chi connectivity index (χ2v) is 6.86. The lowest BCUT2D eigenvalue weighted by atomic mass is 10.1. The number of fused-ring (bicyclic) bond motifs is 1. The molecule has 3 rings (SSSR count). The Morgan fingerprint density at radius 1 is 1.11 bits per heavy atom. The zero-order chi connectivity index (χ0) is 19.2. The van der Waals surface area contributed by atoms with E-state index in [1.54, 1.807) is 29.2 Å². The van der Waals surface area contributed by atoms with Gasteiger partial charge in [0.05, 0.1) is 0 Å². The Kier molecular flexibility index (Phi) is 6.14. The lowest BCUT2D eigenvalue weighted by Gasteiger charge is -2.20. The van der Waals surface area contributed by atoms with Gasteiger partial charge < -0.3 is 15.2 Å². The summed E-state index contributed by atoms with van der Waals surface area (Å²) in [5.74, 6) is -0.180. The molecule has 27 heavy (non-hydrogen) atoms. The van der Waals surface area contributed by atoms with Crippen LogP contribution in [0.4, 0.5) is 5.69 Å². The van der Waals surface area contributed by atoms with Crippen LogP contribution in [0, 0.1) is 0 Å². The van der Waals surface area contributed by atoms with Crippen LogP contribution in [0.25, 0.3) is 10.9 Å². The SMILES string of the molecule is CC(=O)N(CCC(=O)Nc1cccc(Cl)c1)CCc1c[nH]c2ccccc12. The standard InChI is InChI=1S/C21H22ClN3O2/c1-15(26)25(11-9-16-14-23-20-8-3-2-7-19(16)20)12-10-21(27)24-18-6-4-5-17(22)13-18/h2-8,13-14,23H,9-12H2,1H3,(H,24,27). The predicted molar refractivity (Wildman–Crippen MR) is 109 cm³/mol. The average Bonchev–Trinajstić information content (AvgIpc) is 3.04. The molecule has 5 nitrogen and oxygen atoms in total. The van der Waals surface area contributed by atoms with Crippen molar-refractivity contribution in [3.05, 3.63) is 65.3 Å². The van der Waals surface area contributed by atoms with E-state index in [0.29, 0.717) is 23.8 Å². The van der Waals surface area contributed by atoms with E-state index < -0.39 is 0 Å². The summed E-state index contributed by atoms with van der Waals surface area (Å²) in [6.45, 7) is 2.48. The van der Waals surface area contributed by atoms with Crippen molar-refractivity contribution in [3.8, 4) is 0 Å². The summed E-state index contributed by atoms with van der Waals surface area (Å²) in [5.41, 5.74) is 2.91. The van der Waals surface area contributed by atoms with Crippen molar-refractivity contribution in [2.45, 2.75) is 19.8 Å². The van der Waals surface area contributed by atoms with Crippen LogP contribution in [0.1, 0.15) is 18.9 Å². The number of carbonyl (C=O) groups is 2. The molecule has 1 aromatic heterocycles. The summed E-state index contributed by atoms with van der Waals surface area (Å²) >= 11 is 5.92. The fourth-order valence-corrected chi connectivity index (χ4v) is 3.24. The zero-order valence-corrected chi connectivity index (χ0v) is 15.9. The Morgan fingerprint density at radius 3 is 2.70 bits per heavy atom. The van der Waals surface area contributed by atoms with Crippen LogP contribution < -0.4 is 5.32 Å². The van der Waals surface area contributed by atoms with Crippen molar-refractivity contribution in [2.75, 3.05) is 18.4 Å². The van der Waals surface area contributed by atoms with Crippen LogP contribution in [0.3, 0.4) is 0 Å². The fourth-order valence-electron chi connectivity index (χ4n) is 3.05. The van der Waals surface area contributed by atoms with Crippen LogP contribution in [-0.2, 0) is 16.0 Å². The molecule has 0 aliphatic carbocycles. The summed E-state index contributed by atoms with van der Waals surface area (Å²) < 4.78 is 0. The lowest BCUT2D eigenvalue weighted by Crippen LogP contribution is -2.33. The van der Waals surface area contributed by atoms with Gasteiger partial charge in [-0.1, -0.05) is 35.9 Å². The highest BCUT2D eigenvalue weighted by Gasteiger charge is 2.13. The molecular formula is C21H22ClN3O2. The van der Waals surface area contributed by atoms with Gasteiger partial charge in [0.2, 0.25) is 11.8 Å². The van der Waals surface area contributed by atoms with E-state index in [1.807, 2.05) is 24.4 Å². The molecule has 0 fully saturated rings. The third kappa shape index (κ3) is 5.11. The molecule has 3 aromatic rings. The molecule has 0 radical (unpaired) electrons. The quantitative estimate of drug-likeness (QED) is 0.640. The number of para-hydroxylation sites is 1. The molecule has 0 saturated carbocycles. The molecule has 0 aliphatic heterocycles. The number of rotatable bonds is 7. The average molecular weight is 384 g/mol. The number of aromatic amines is 1. The molecule has 0 aliphatic rings. The van der Waals surface area contributed by atoms with Crippen molar-refractivity contribution >= 4 is 40.0 Å². The van der Waals surface area contributed by atoms with E-state index in [9.17, 15) is 9.59 Å². The van der Waals surface area contributed by atoms with Gasteiger partial charge in [-0.25, -0.2) is 0 Å². The van der Waals surface area contributed by atoms with E-state index >= 15 is 0 Å². The first-order chi connectivity index (χ1) is 13.0. The second-order valence-electron chi connectivity index (χ2n) is 6.42. The number of aromatic nitrogens is 1. The minimum Gasteiger partial charge on any atom is -0.361 e. The van der Waals surface area contributed by atoms with Crippen LogP contribution in [0.5, 0.6) is 0 Å². The maximum Gasteiger partial charge on any atom is 0.226 e. The van der Waals surface area contributed by atoms with Gasteiger partial charge >= 0.3 is 0 Å². The summed E-state index contributed by atoms with van der Waals surface area (Å²) in [6, 6.07) is 15.1. The highest BCUT2D eigenvalue weighted by Crippen LogP contribution is 2.18. The summed E-state index contributed by atoms with van der Waals surface area (Å²) in [4.78, 5) is 29.1. The Bertz CT molecular complexity index is 951. The van der Waals surface area contributed by atoms with Crippen LogP contribution in [0.15, 0.2) is 54.7 Å². The van der Waals surface area contributed by atoms with Gasteiger partial charge in [0.1, 0.15) is 0 Å². The predicted octanol–water partition coefficient (Wildman–Crippen LogP) is 4.24. The number of amides is 2. The van der Waals surface area contributed by atoms with Crippen LogP contribution in [-0.4, -0.2) is 34.8 Å². The van der Waals surface area contributed by atoms with Crippen molar-refractivity contribution < 1.29 is 9.59 Å². The largest absolute Gasteiger partial charge is 0.361 e. The number of anilines is 1. The van der Waals surface area contributed by atoms with E-state index in [4.69, 9.17) is 11.6 Å². The van der Waals surface area contributed by atoms with E-state index in [0.717, 1.165) is 11.9 Å². The van der Waals surface area contributed by atoms with Crippen LogP contribution >= 0.6 is 11.6 Å². The summed E-state index contributed by atoms with van der Waals surface area (Å²) in [7, 11) is 0. The molecule has 6 heteroatoms. The van der Waals surface area contributed by atoms with Crippen molar-refractivity contribution in [1.29, 1.82) is 0 Å². The van der Waals surface area contributed by atoms with Gasteiger partial charge in [0.25, 0.3) is 0 Å². The van der Waals surface area contributed by atoms with Gasteiger partial charge in [0.15, 0.2) is 0 Å². The Morgan fingerprint density at radius 2 is 1.93 bits per heavy atom. The maximum atomic E-state index is 12.2. The van der Waals surface area contributed by atoms with Gasteiger partial charge in [0, 0.05) is 54.2 Å². The van der Waals surface area contributed by atoms with Gasteiger partial charge in [-0.05, 0) is 36.2 Å². The van der Waals surface area contributed by atoms with Crippen LogP contribution in [0.2, 0.25) is 5.02 Å². The molecule has 0 atom stereocenters. The number of hydrogen-bond acceptors (Lipinski definition) is 2. The number of carbonyl (C=O) groups excluding carboxylic acids is 2. The Hall–Kier alpha value is -2.79. The minimum atomic E-state index is -0.143. The topological polar surface area (TPSA) is 65.2 Å². The monoisotopic (exact) mass is 383 g/mol. The molecule has 0 unspecified atom stereocenters. The Balaban J connectivity index is 1.54. The molecule has 0 spiro atoms. The lowest BCUT2D eigenvalue weighted by molar-refractivity contribution is -0.129. The number of benzene rings is 2. The first-order valence-electron chi connectivity index (χ1n) is 8.89. The third-order valence-electron chi connectivity index (χ3n) is 4.49. The number of hydrogen-bond donors (Lipinski definition) is 2. The molecule has 2 amide bonds. The molecule has 1 heterocycles. The Labute approximate surface area is 163 Å². The highest BCUT2D eigenvalue weighted by molar-refractivity contribution is 6.30. The molecule has 2 aromatic carbocycles. The number of halogens is 1. The molecular weight excluding hydrogens is 362 g/mol. The fraction of sp³-hybridized carbons (Fsp3) is 0.238. The summed E-state index contributed by atoms with van der Waals surface area (Å²) in [6.07, 6.45) is 2.95. The normalized spacial score (nSPS) is 10.7. The van der Waals surface area contributed by atoms with Crippen molar-refractivity contribution in [1.82, 2.24) is 9.88 Å². The zero-order valence-electron chi connectivity index (χ0n) is 15.2. The van der Waals surface area contributed by atoms with Gasteiger partial charge in [-0.15, -0.1) is 0 Å². The van der Waals surface area contributed by atoms with E-state index in [2.05, 4.69) is 16.4 Å². The first kappa shape index (κ1) is 19.0. The number of H-pyrrole nitrogens is 1. The highest BCUT2D eigenvalue weighted by atomic mass is 35.5.